The quantitative estimate of drug-likeness (QED) is 0.788. The van der Waals surface area contributed by atoms with Crippen molar-refractivity contribution in [2.45, 2.75) is 45.8 Å². The zero-order valence-electron chi connectivity index (χ0n) is 12.0. The fraction of sp³-hybridized carbons (Fsp3) is 0.412. The van der Waals surface area contributed by atoms with Gasteiger partial charge in [-0.2, -0.15) is 0 Å². The van der Waals surface area contributed by atoms with E-state index < -0.39 is 0 Å². The number of hydrogen-bond acceptors (Lipinski definition) is 1. The highest BCUT2D eigenvalue weighted by atomic mass is 14.9. The predicted octanol–water partition coefficient (Wildman–Crippen LogP) is 4.14. The number of aryl methyl sites for hydroxylation is 1. The maximum Gasteiger partial charge on any atom is 0.0323 e. The van der Waals surface area contributed by atoms with Crippen LogP contribution in [-0.2, 0) is 13.1 Å². The van der Waals surface area contributed by atoms with Gasteiger partial charge in [-0.15, -0.1) is 0 Å². The van der Waals surface area contributed by atoms with E-state index in [4.69, 9.17) is 0 Å². The van der Waals surface area contributed by atoms with Crippen LogP contribution < -0.4 is 5.32 Å². The maximum absolute atomic E-state index is 3.68. The van der Waals surface area contributed by atoms with E-state index in [-0.39, 0.29) is 0 Å². The minimum atomic E-state index is 0.455. The van der Waals surface area contributed by atoms with E-state index in [0.29, 0.717) is 6.04 Å². The van der Waals surface area contributed by atoms with Gasteiger partial charge in [0.2, 0.25) is 0 Å². The van der Waals surface area contributed by atoms with Crippen molar-refractivity contribution >= 4 is 0 Å². The van der Waals surface area contributed by atoms with Crippen molar-refractivity contribution in [1.82, 2.24) is 9.88 Å². The maximum atomic E-state index is 3.68. The van der Waals surface area contributed by atoms with E-state index in [1.54, 1.807) is 0 Å². The predicted molar refractivity (Wildman–Crippen MR) is 81.0 cm³/mol. The average Bonchev–Trinajstić information content (AvgIpc) is 2.92. The molecule has 0 aliphatic heterocycles. The van der Waals surface area contributed by atoms with Crippen molar-refractivity contribution in [1.29, 1.82) is 0 Å². The third-order valence-electron chi connectivity index (χ3n) is 3.51. The highest BCUT2D eigenvalue weighted by Gasteiger charge is 2.09. The molecule has 102 valence electrons. The number of benzene rings is 1. The largest absolute Gasteiger partial charge is 0.354 e. The topological polar surface area (TPSA) is 17.0 Å². The van der Waals surface area contributed by atoms with E-state index in [9.17, 15) is 0 Å². The Hall–Kier alpha value is -1.54. The van der Waals surface area contributed by atoms with Crippen LogP contribution in [0.2, 0.25) is 0 Å². The molecule has 2 nitrogen and oxygen atoms in total. The van der Waals surface area contributed by atoms with E-state index in [1.807, 2.05) is 0 Å². The molecule has 1 unspecified atom stereocenters. The highest BCUT2D eigenvalue weighted by molar-refractivity contribution is 5.19. The molecule has 2 heteroatoms. The normalized spacial score (nSPS) is 12.5. The minimum Gasteiger partial charge on any atom is -0.354 e. The summed E-state index contributed by atoms with van der Waals surface area (Å²) in [5.41, 5.74) is 2.75. The Morgan fingerprint density at radius 3 is 2.53 bits per heavy atom. The SMILES string of the molecule is CCCC(NCc1ccn(CC)c1)c1ccccc1. The lowest BCUT2D eigenvalue weighted by Crippen LogP contribution is -2.20. The molecule has 0 saturated carbocycles. The molecule has 0 aliphatic carbocycles. The second kappa shape index (κ2) is 7.15. The third kappa shape index (κ3) is 3.97. The van der Waals surface area contributed by atoms with Crippen LogP contribution in [-0.4, -0.2) is 4.57 Å². The summed E-state index contributed by atoms with van der Waals surface area (Å²) in [5.74, 6) is 0. The van der Waals surface area contributed by atoms with Gasteiger partial charge < -0.3 is 9.88 Å². The molecule has 1 heterocycles. The number of hydrogen-bond donors (Lipinski definition) is 1. The van der Waals surface area contributed by atoms with Crippen LogP contribution in [0, 0.1) is 0 Å². The summed E-state index contributed by atoms with van der Waals surface area (Å²) in [6, 6.07) is 13.4. The molecule has 0 bridgehead atoms. The highest BCUT2D eigenvalue weighted by Crippen LogP contribution is 2.18. The van der Waals surface area contributed by atoms with Crippen molar-refractivity contribution in [2.24, 2.45) is 0 Å². The summed E-state index contributed by atoms with van der Waals surface area (Å²) in [6.07, 6.45) is 6.75. The van der Waals surface area contributed by atoms with Crippen LogP contribution >= 0.6 is 0 Å². The summed E-state index contributed by atoms with van der Waals surface area (Å²) in [4.78, 5) is 0. The first-order chi connectivity index (χ1) is 9.33. The molecule has 1 atom stereocenters. The second-order valence-electron chi connectivity index (χ2n) is 4.98. The first-order valence-corrected chi connectivity index (χ1v) is 7.26. The molecule has 0 radical (unpaired) electrons. The molecule has 2 rings (SSSR count). The van der Waals surface area contributed by atoms with Gasteiger partial charge in [-0.1, -0.05) is 43.7 Å². The van der Waals surface area contributed by atoms with Gasteiger partial charge in [-0.05, 0) is 30.5 Å². The molecule has 1 aromatic heterocycles. The lowest BCUT2D eigenvalue weighted by molar-refractivity contribution is 0.493. The van der Waals surface area contributed by atoms with Crippen LogP contribution in [0.3, 0.4) is 0 Å². The van der Waals surface area contributed by atoms with E-state index in [2.05, 4.69) is 72.5 Å². The smallest absolute Gasteiger partial charge is 0.0323 e. The first-order valence-electron chi connectivity index (χ1n) is 7.26. The lowest BCUT2D eigenvalue weighted by Gasteiger charge is -2.18. The molecule has 0 aliphatic rings. The molecule has 0 fully saturated rings. The molecule has 0 spiro atoms. The fourth-order valence-electron chi connectivity index (χ4n) is 2.39. The van der Waals surface area contributed by atoms with Crippen molar-refractivity contribution < 1.29 is 0 Å². The number of rotatable bonds is 7. The van der Waals surface area contributed by atoms with Crippen LogP contribution in [0.15, 0.2) is 48.8 Å². The molecule has 1 aromatic carbocycles. The molecule has 2 aromatic rings. The number of aromatic nitrogens is 1. The van der Waals surface area contributed by atoms with E-state index in [1.165, 1.54) is 24.0 Å². The lowest BCUT2D eigenvalue weighted by atomic mass is 10.0. The van der Waals surface area contributed by atoms with Gasteiger partial charge in [-0.3, -0.25) is 0 Å². The Balaban J connectivity index is 1.97. The summed E-state index contributed by atoms with van der Waals surface area (Å²) in [5, 5.41) is 3.68. The van der Waals surface area contributed by atoms with E-state index in [0.717, 1.165) is 13.1 Å². The zero-order valence-corrected chi connectivity index (χ0v) is 12.0. The van der Waals surface area contributed by atoms with Gasteiger partial charge in [0.15, 0.2) is 0 Å². The van der Waals surface area contributed by atoms with Crippen LogP contribution in [0.1, 0.15) is 43.9 Å². The molecular weight excluding hydrogens is 232 g/mol. The first kappa shape index (κ1) is 13.9. The molecular formula is C17H24N2. The van der Waals surface area contributed by atoms with E-state index >= 15 is 0 Å². The molecule has 19 heavy (non-hydrogen) atoms. The summed E-state index contributed by atoms with van der Waals surface area (Å²) in [6.45, 7) is 6.38. The Morgan fingerprint density at radius 2 is 1.89 bits per heavy atom. The van der Waals surface area contributed by atoms with Crippen molar-refractivity contribution in [2.75, 3.05) is 0 Å². The van der Waals surface area contributed by atoms with Crippen LogP contribution in [0.5, 0.6) is 0 Å². The van der Waals surface area contributed by atoms with Crippen LogP contribution in [0.25, 0.3) is 0 Å². The van der Waals surface area contributed by atoms with Gasteiger partial charge in [0, 0.05) is 31.5 Å². The van der Waals surface area contributed by atoms with Gasteiger partial charge in [0.1, 0.15) is 0 Å². The Kier molecular flexibility index (Phi) is 5.22. The van der Waals surface area contributed by atoms with Gasteiger partial charge in [0.25, 0.3) is 0 Å². The van der Waals surface area contributed by atoms with Crippen molar-refractivity contribution in [3.8, 4) is 0 Å². The van der Waals surface area contributed by atoms with Crippen LogP contribution in [0.4, 0.5) is 0 Å². The van der Waals surface area contributed by atoms with Crippen molar-refractivity contribution in [3.05, 3.63) is 59.9 Å². The van der Waals surface area contributed by atoms with Crippen molar-refractivity contribution in [3.63, 3.8) is 0 Å². The Labute approximate surface area is 116 Å². The van der Waals surface area contributed by atoms with Gasteiger partial charge >= 0.3 is 0 Å². The monoisotopic (exact) mass is 256 g/mol. The zero-order chi connectivity index (χ0) is 13.5. The van der Waals surface area contributed by atoms with Gasteiger partial charge in [-0.25, -0.2) is 0 Å². The number of nitrogens with one attached hydrogen (secondary N) is 1. The standard InChI is InChI=1S/C17H24N2/c1-3-8-17(16-9-6-5-7-10-16)18-13-15-11-12-19(4-2)14-15/h5-7,9-12,14,17-18H,3-4,8,13H2,1-2H3. The molecule has 0 amide bonds. The average molecular weight is 256 g/mol. The van der Waals surface area contributed by atoms with Gasteiger partial charge in [0.05, 0.1) is 0 Å². The molecule has 1 N–H and O–H groups in total. The molecule has 0 saturated heterocycles. The minimum absolute atomic E-state index is 0.455. The Bertz CT molecular complexity index is 473. The second-order valence-corrected chi connectivity index (χ2v) is 4.98. The summed E-state index contributed by atoms with van der Waals surface area (Å²) >= 11 is 0. The Morgan fingerprint density at radius 1 is 1.11 bits per heavy atom. The fourth-order valence-corrected chi connectivity index (χ4v) is 2.39. The summed E-state index contributed by atoms with van der Waals surface area (Å²) in [7, 11) is 0. The summed E-state index contributed by atoms with van der Waals surface area (Å²) < 4.78 is 2.22. The third-order valence-corrected chi connectivity index (χ3v) is 3.51. The number of nitrogens with zero attached hydrogens (tertiary/aromatic N) is 1.